The van der Waals surface area contributed by atoms with Gasteiger partial charge in [0.15, 0.2) is 0 Å². The molecule has 0 bridgehead atoms. The van der Waals surface area contributed by atoms with Crippen molar-refractivity contribution in [2.75, 3.05) is 31.1 Å². The Hall–Kier alpha value is -1.64. The van der Waals surface area contributed by atoms with Gasteiger partial charge in [-0.05, 0) is 20.8 Å². The van der Waals surface area contributed by atoms with Crippen molar-refractivity contribution in [3.63, 3.8) is 0 Å². The van der Waals surface area contributed by atoms with Crippen molar-refractivity contribution in [3.8, 4) is 0 Å². The molecule has 1 aliphatic rings. The topological polar surface area (TPSA) is 92.7 Å². The van der Waals surface area contributed by atoms with Gasteiger partial charge >= 0.3 is 0 Å². The zero-order chi connectivity index (χ0) is 15.9. The quantitative estimate of drug-likeness (QED) is 0.828. The Morgan fingerprint density at radius 3 is 2.42 bits per heavy atom. The minimum atomic E-state index is -0.825. The van der Waals surface area contributed by atoms with E-state index >= 15 is 0 Å². The van der Waals surface area contributed by atoms with Crippen molar-refractivity contribution >= 4 is 42.3 Å². The molecule has 2 aromatic heterocycles. The molecule has 0 radical (unpaired) electrons. The molecule has 0 spiro atoms. The SMILES string of the molecule is Cc1cc(N2CCN(C(=O)C(C)(C)N)CC2)n2ncnc2n1.Cl.Cl. The first-order chi connectivity index (χ1) is 10.4. The molecule has 0 saturated carbocycles. The highest BCUT2D eigenvalue weighted by atomic mass is 35.5. The van der Waals surface area contributed by atoms with E-state index in [0.717, 1.165) is 24.6 Å². The summed E-state index contributed by atoms with van der Waals surface area (Å²) < 4.78 is 1.73. The third kappa shape index (κ3) is 3.88. The third-order valence-corrected chi connectivity index (χ3v) is 3.80. The van der Waals surface area contributed by atoms with Gasteiger partial charge in [-0.1, -0.05) is 0 Å². The molecule has 0 aromatic carbocycles. The van der Waals surface area contributed by atoms with E-state index in [-0.39, 0.29) is 30.7 Å². The van der Waals surface area contributed by atoms with Gasteiger partial charge in [0.05, 0.1) is 5.54 Å². The maximum atomic E-state index is 12.2. The van der Waals surface area contributed by atoms with Gasteiger partial charge in [-0.3, -0.25) is 4.79 Å². The fourth-order valence-electron chi connectivity index (χ4n) is 2.68. The number of aryl methyl sites for hydroxylation is 1. The molecule has 2 aromatic rings. The number of piperazine rings is 1. The lowest BCUT2D eigenvalue weighted by Crippen LogP contribution is -2.57. The highest BCUT2D eigenvalue weighted by Gasteiger charge is 2.30. The van der Waals surface area contributed by atoms with E-state index in [1.54, 1.807) is 18.4 Å². The summed E-state index contributed by atoms with van der Waals surface area (Å²) in [6, 6.07) is 1.99. The Morgan fingerprint density at radius 2 is 1.83 bits per heavy atom. The molecular weight excluding hydrogens is 353 g/mol. The van der Waals surface area contributed by atoms with Gasteiger partial charge < -0.3 is 15.5 Å². The van der Waals surface area contributed by atoms with Crippen LogP contribution in [0.1, 0.15) is 19.5 Å². The van der Waals surface area contributed by atoms with Gasteiger partial charge in [0, 0.05) is 37.9 Å². The summed E-state index contributed by atoms with van der Waals surface area (Å²) in [5.41, 5.74) is 5.98. The molecule has 134 valence electrons. The van der Waals surface area contributed by atoms with Crippen molar-refractivity contribution in [2.45, 2.75) is 26.3 Å². The summed E-state index contributed by atoms with van der Waals surface area (Å²) >= 11 is 0. The standard InChI is InChI=1S/C14H21N7O.2ClH/c1-10-8-11(21-13(18-10)16-9-17-21)19-4-6-20(7-5-19)12(22)14(2,3)15;;/h8-9H,4-7,15H2,1-3H3;2*1H. The Balaban J connectivity index is 0.00000144. The third-order valence-electron chi connectivity index (χ3n) is 3.80. The number of carbonyl (C=O) groups excluding carboxylic acids is 1. The molecule has 0 unspecified atom stereocenters. The predicted octanol–water partition coefficient (Wildman–Crippen LogP) is 0.662. The van der Waals surface area contributed by atoms with Crippen LogP contribution < -0.4 is 10.6 Å². The van der Waals surface area contributed by atoms with E-state index in [2.05, 4.69) is 20.0 Å². The van der Waals surface area contributed by atoms with Crippen LogP contribution in [0.25, 0.3) is 5.78 Å². The van der Waals surface area contributed by atoms with Gasteiger partial charge in [-0.25, -0.2) is 4.98 Å². The molecule has 1 aliphatic heterocycles. The number of hydrogen-bond donors (Lipinski definition) is 1. The lowest BCUT2D eigenvalue weighted by atomic mass is 10.0. The number of halogens is 2. The summed E-state index contributed by atoms with van der Waals surface area (Å²) in [7, 11) is 0. The van der Waals surface area contributed by atoms with Crippen LogP contribution in [0.2, 0.25) is 0 Å². The van der Waals surface area contributed by atoms with Gasteiger partial charge in [0.2, 0.25) is 5.91 Å². The minimum absolute atomic E-state index is 0. The summed E-state index contributed by atoms with van der Waals surface area (Å²) in [6.45, 7) is 8.20. The highest BCUT2D eigenvalue weighted by Crippen LogP contribution is 2.18. The number of nitrogens with two attached hydrogens (primary N) is 1. The van der Waals surface area contributed by atoms with Crippen molar-refractivity contribution in [2.24, 2.45) is 5.73 Å². The zero-order valence-electron chi connectivity index (χ0n) is 14.0. The lowest BCUT2D eigenvalue weighted by Gasteiger charge is -2.38. The van der Waals surface area contributed by atoms with Crippen LogP contribution in [0, 0.1) is 6.92 Å². The Morgan fingerprint density at radius 1 is 1.21 bits per heavy atom. The van der Waals surface area contributed by atoms with Crippen molar-refractivity contribution in [1.82, 2.24) is 24.5 Å². The van der Waals surface area contributed by atoms with Gasteiger partial charge in [0.25, 0.3) is 5.78 Å². The fourth-order valence-corrected chi connectivity index (χ4v) is 2.68. The number of nitrogens with zero attached hydrogens (tertiary/aromatic N) is 6. The van der Waals surface area contributed by atoms with Gasteiger partial charge in [0.1, 0.15) is 12.1 Å². The first-order valence-corrected chi connectivity index (χ1v) is 7.37. The van der Waals surface area contributed by atoms with Crippen LogP contribution in [-0.4, -0.2) is 62.1 Å². The number of anilines is 1. The molecule has 1 saturated heterocycles. The van der Waals surface area contributed by atoms with Crippen LogP contribution in [0.3, 0.4) is 0 Å². The number of carbonyl (C=O) groups is 1. The number of aromatic nitrogens is 4. The molecule has 3 heterocycles. The smallest absolute Gasteiger partial charge is 0.254 e. The van der Waals surface area contributed by atoms with Crippen LogP contribution in [0.5, 0.6) is 0 Å². The average molecular weight is 376 g/mol. The van der Waals surface area contributed by atoms with E-state index in [4.69, 9.17) is 5.73 Å². The Bertz CT molecular complexity index is 705. The van der Waals surface area contributed by atoms with E-state index in [0.29, 0.717) is 18.9 Å². The lowest BCUT2D eigenvalue weighted by molar-refractivity contribution is -0.136. The van der Waals surface area contributed by atoms with Crippen molar-refractivity contribution in [1.29, 1.82) is 0 Å². The largest absolute Gasteiger partial charge is 0.353 e. The predicted molar refractivity (Wildman–Crippen MR) is 97.1 cm³/mol. The molecule has 10 heteroatoms. The molecule has 1 amide bonds. The molecule has 0 atom stereocenters. The second-order valence-corrected chi connectivity index (χ2v) is 6.23. The first-order valence-electron chi connectivity index (χ1n) is 7.37. The van der Waals surface area contributed by atoms with Gasteiger partial charge in [-0.15, -0.1) is 24.8 Å². The number of rotatable bonds is 2. The Labute approximate surface area is 153 Å². The fraction of sp³-hybridized carbons (Fsp3) is 0.571. The van der Waals surface area contributed by atoms with Crippen molar-refractivity contribution in [3.05, 3.63) is 18.1 Å². The summed E-state index contributed by atoms with van der Waals surface area (Å²) in [5.74, 6) is 1.54. The van der Waals surface area contributed by atoms with Crippen LogP contribution >= 0.6 is 24.8 Å². The second kappa shape index (κ2) is 7.50. The zero-order valence-corrected chi connectivity index (χ0v) is 15.6. The number of fused-ring (bicyclic) bond motifs is 1. The Kier molecular flexibility index (Phi) is 6.38. The monoisotopic (exact) mass is 375 g/mol. The maximum absolute atomic E-state index is 12.2. The molecular formula is C14H23Cl2N7O. The molecule has 24 heavy (non-hydrogen) atoms. The van der Waals surface area contributed by atoms with Crippen LogP contribution in [0.4, 0.5) is 5.82 Å². The highest BCUT2D eigenvalue weighted by molar-refractivity contribution is 5.86. The molecule has 8 nitrogen and oxygen atoms in total. The molecule has 2 N–H and O–H groups in total. The van der Waals surface area contributed by atoms with E-state index < -0.39 is 5.54 Å². The van der Waals surface area contributed by atoms with E-state index in [1.807, 2.05) is 17.9 Å². The average Bonchev–Trinajstić information content (AvgIpc) is 2.93. The normalized spacial score (nSPS) is 15.0. The molecule has 1 fully saturated rings. The van der Waals surface area contributed by atoms with E-state index in [1.165, 1.54) is 6.33 Å². The second-order valence-electron chi connectivity index (χ2n) is 6.23. The van der Waals surface area contributed by atoms with Crippen LogP contribution in [0.15, 0.2) is 12.4 Å². The van der Waals surface area contributed by atoms with Gasteiger partial charge in [-0.2, -0.15) is 14.6 Å². The number of hydrogen-bond acceptors (Lipinski definition) is 6. The molecule has 3 rings (SSSR count). The minimum Gasteiger partial charge on any atom is -0.353 e. The van der Waals surface area contributed by atoms with E-state index in [9.17, 15) is 4.79 Å². The number of amides is 1. The molecule has 0 aliphatic carbocycles. The maximum Gasteiger partial charge on any atom is 0.254 e. The summed E-state index contributed by atoms with van der Waals surface area (Å²) in [4.78, 5) is 24.7. The van der Waals surface area contributed by atoms with Crippen LogP contribution in [-0.2, 0) is 4.79 Å². The summed E-state index contributed by atoms with van der Waals surface area (Å²) in [6.07, 6.45) is 1.50. The summed E-state index contributed by atoms with van der Waals surface area (Å²) in [5, 5.41) is 4.23. The van der Waals surface area contributed by atoms with Crippen molar-refractivity contribution < 1.29 is 4.79 Å². The first kappa shape index (κ1) is 20.4.